The van der Waals surface area contributed by atoms with Crippen molar-refractivity contribution in [1.82, 2.24) is 15.4 Å². The molecule has 1 aromatic heterocycles. The average Bonchev–Trinajstić information content (AvgIpc) is 2.97. The van der Waals surface area contributed by atoms with E-state index in [1.165, 1.54) is 0 Å². The van der Waals surface area contributed by atoms with Crippen molar-refractivity contribution in [2.45, 2.75) is 13.0 Å². The number of rotatable bonds is 2. The first-order valence-electron chi connectivity index (χ1n) is 6.90. The van der Waals surface area contributed by atoms with Crippen LogP contribution in [0, 0.1) is 0 Å². The number of amides is 1. The van der Waals surface area contributed by atoms with Crippen LogP contribution in [0.25, 0.3) is 11.3 Å². The third-order valence-corrected chi connectivity index (χ3v) is 3.96. The molecule has 0 aliphatic carbocycles. The SMILES string of the molecule is C[C@@H]1CNCCN1C(=O)c1cc(-c2ccccc2Cl)on1.Cl. The molecule has 1 fully saturated rings. The summed E-state index contributed by atoms with van der Waals surface area (Å²) in [6.07, 6.45) is 0. The summed E-state index contributed by atoms with van der Waals surface area (Å²) < 4.78 is 5.28. The van der Waals surface area contributed by atoms with Gasteiger partial charge in [0, 0.05) is 37.3 Å². The maximum absolute atomic E-state index is 12.5. The molecule has 3 rings (SSSR count). The van der Waals surface area contributed by atoms with E-state index in [2.05, 4.69) is 10.5 Å². The van der Waals surface area contributed by atoms with Crippen LogP contribution in [-0.2, 0) is 0 Å². The Labute approximate surface area is 140 Å². The molecule has 118 valence electrons. The van der Waals surface area contributed by atoms with Crippen LogP contribution < -0.4 is 5.32 Å². The van der Waals surface area contributed by atoms with Gasteiger partial charge in [-0.3, -0.25) is 4.79 Å². The molecule has 1 aromatic carbocycles. The van der Waals surface area contributed by atoms with Gasteiger partial charge in [-0.15, -0.1) is 12.4 Å². The molecule has 1 saturated heterocycles. The molecule has 0 radical (unpaired) electrons. The van der Waals surface area contributed by atoms with Crippen LogP contribution >= 0.6 is 24.0 Å². The van der Waals surface area contributed by atoms with E-state index in [-0.39, 0.29) is 24.4 Å². The van der Waals surface area contributed by atoms with Crippen molar-refractivity contribution in [3.63, 3.8) is 0 Å². The molecule has 2 aromatic rings. The molecule has 0 unspecified atom stereocenters. The Hall–Kier alpha value is -1.56. The summed E-state index contributed by atoms with van der Waals surface area (Å²) in [5.74, 6) is 0.401. The molecule has 7 heteroatoms. The Morgan fingerprint density at radius 2 is 2.23 bits per heavy atom. The molecular weight excluding hydrogens is 325 g/mol. The number of carbonyl (C=O) groups excluding carboxylic acids is 1. The van der Waals surface area contributed by atoms with Crippen molar-refractivity contribution in [2.75, 3.05) is 19.6 Å². The van der Waals surface area contributed by atoms with Gasteiger partial charge >= 0.3 is 0 Å². The van der Waals surface area contributed by atoms with Crippen LogP contribution in [0.3, 0.4) is 0 Å². The van der Waals surface area contributed by atoms with E-state index in [9.17, 15) is 4.79 Å². The van der Waals surface area contributed by atoms with Crippen LogP contribution in [0.2, 0.25) is 5.02 Å². The van der Waals surface area contributed by atoms with Gasteiger partial charge < -0.3 is 14.7 Å². The molecule has 1 amide bonds. The van der Waals surface area contributed by atoms with E-state index in [4.69, 9.17) is 16.1 Å². The van der Waals surface area contributed by atoms with Gasteiger partial charge in [-0.25, -0.2) is 0 Å². The summed E-state index contributed by atoms with van der Waals surface area (Å²) in [6.45, 7) is 4.28. The zero-order valence-corrected chi connectivity index (χ0v) is 13.7. The number of carbonyl (C=O) groups is 1. The van der Waals surface area contributed by atoms with E-state index < -0.39 is 0 Å². The number of piperazine rings is 1. The summed E-state index contributed by atoms with van der Waals surface area (Å²) in [5.41, 5.74) is 1.05. The van der Waals surface area contributed by atoms with Crippen molar-refractivity contribution in [3.8, 4) is 11.3 Å². The van der Waals surface area contributed by atoms with Crippen molar-refractivity contribution in [2.24, 2.45) is 0 Å². The molecule has 0 saturated carbocycles. The smallest absolute Gasteiger partial charge is 0.276 e. The van der Waals surface area contributed by atoms with Gasteiger partial charge in [-0.05, 0) is 19.1 Å². The first-order chi connectivity index (χ1) is 10.2. The monoisotopic (exact) mass is 341 g/mol. The van der Waals surface area contributed by atoms with Crippen LogP contribution in [-0.4, -0.2) is 41.6 Å². The lowest BCUT2D eigenvalue weighted by atomic mass is 10.1. The highest BCUT2D eigenvalue weighted by Gasteiger charge is 2.26. The summed E-state index contributed by atoms with van der Waals surface area (Å²) in [6, 6.07) is 9.12. The minimum atomic E-state index is -0.106. The van der Waals surface area contributed by atoms with Gasteiger partial charge in [0.25, 0.3) is 5.91 Å². The second-order valence-electron chi connectivity index (χ2n) is 5.11. The van der Waals surface area contributed by atoms with Crippen LogP contribution in [0.1, 0.15) is 17.4 Å². The highest BCUT2D eigenvalue weighted by Crippen LogP contribution is 2.28. The van der Waals surface area contributed by atoms with Crippen molar-refractivity contribution >= 4 is 29.9 Å². The van der Waals surface area contributed by atoms with Crippen LogP contribution in [0.4, 0.5) is 0 Å². The Kier molecular flexibility index (Phi) is 5.45. The number of nitrogens with one attached hydrogen (secondary N) is 1. The normalized spacial score (nSPS) is 17.9. The highest BCUT2D eigenvalue weighted by atomic mass is 35.5. The fraction of sp³-hybridized carbons (Fsp3) is 0.333. The summed E-state index contributed by atoms with van der Waals surface area (Å²) in [7, 11) is 0. The van der Waals surface area contributed by atoms with E-state index in [1.807, 2.05) is 30.0 Å². The number of hydrogen-bond donors (Lipinski definition) is 1. The topological polar surface area (TPSA) is 58.4 Å². The van der Waals surface area contributed by atoms with Gasteiger partial charge in [0.15, 0.2) is 11.5 Å². The summed E-state index contributed by atoms with van der Waals surface area (Å²) >= 11 is 6.13. The van der Waals surface area contributed by atoms with Gasteiger partial charge in [0.05, 0.1) is 5.02 Å². The first-order valence-corrected chi connectivity index (χ1v) is 7.28. The number of aromatic nitrogens is 1. The molecule has 0 spiro atoms. The molecule has 1 N–H and O–H groups in total. The Bertz CT molecular complexity index is 660. The Morgan fingerprint density at radius 1 is 1.45 bits per heavy atom. The lowest BCUT2D eigenvalue weighted by Crippen LogP contribution is -2.52. The Balaban J connectivity index is 0.00000176. The summed E-state index contributed by atoms with van der Waals surface area (Å²) in [5, 5.41) is 7.72. The molecular formula is C15H17Cl2N3O2. The molecule has 1 aliphatic heterocycles. The number of halogens is 2. The standard InChI is InChI=1S/C15H16ClN3O2.ClH/c1-10-9-17-6-7-19(10)15(20)13-8-14(21-18-13)11-4-2-3-5-12(11)16;/h2-5,8,10,17H,6-7,9H2,1H3;1H/t10-;/m1./s1. The minimum Gasteiger partial charge on any atom is -0.355 e. The molecule has 22 heavy (non-hydrogen) atoms. The highest BCUT2D eigenvalue weighted by molar-refractivity contribution is 6.33. The lowest BCUT2D eigenvalue weighted by molar-refractivity contribution is 0.0645. The van der Waals surface area contributed by atoms with Gasteiger partial charge in [0.1, 0.15) is 0 Å². The zero-order valence-electron chi connectivity index (χ0n) is 12.1. The average molecular weight is 342 g/mol. The van der Waals surface area contributed by atoms with E-state index in [0.29, 0.717) is 23.0 Å². The quantitative estimate of drug-likeness (QED) is 0.912. The molecule has 0 bridgehead atoms. The lowest BCUT2D eigenvalue weighted by Gasteiger charge is -2.33. The minimum absolute atomic E-state index is 0. The van der Waals surface area contributed by atoms with Gasteiger partial charge in [0.2, 0.25) is 0 Å². The maximum Gasteiger partial charge on any atom is 0.276 e. The van der Waals surface area contributed by atoms with Crippen molar-refractivity contribution < 1.29 is 9.32 Å². The summed E-state index contributed by atoms with van der Waals surface area (Å²) in [4.78, 5) is 14.3. The fourth-order valence-corrected chi connectivity index (χ4v) is 2.68. The zero-order chi connectivity index (χ0) is 14.8. The third-order valence-electron chi connectivity index (χ3n) is 3.63. The van der Waals surface area contributed by atoms with E-state index in [0.717, 1.165) is 18.7 Å². The largest absolute Gasteiger partial charge is 0.355 e. The predicted octanol–water partition coefficient (Wildman–Crippen LogP) is 2.85. The number of hydrogen-bond acceptors (Lipinski definition) is 4. The van der Waals surface area contributed by atoms with Gasteiger partial charge in [-0.1, -0.05) is 28.9 Å². The van der Waals surface area contributed by atoms with E-state index in [1.54, 1.807) is 12.1 Å². The van der Waals surface area contributed by atoms with Crippen LogP contribution in [0.15, 0.2) is 34.9 Å². The van der Waals surface area contributed by atoms with Crippen LogP contribution in [0.5, 0.6) is 0 Å². The molecule has 1 atom stereocenters. The van der Waals surface area contributed by atoms with E-state index >= 15 is 0 Å². The predicted molar refractivity (Wildman–Crippen MR) is 87.6 cm³/mol. The number of nitrogens with zero attached hydrogens (tertiary/aromatic N) is 2. The molecule has 1 aliphatic rings. The molecule has 2 heterocycles. The first kappa shape index (κ1) is 16.8. The fourth-order valence-electron chi connectivity index (χ4n) is 2.45. The maximum atomic E-state index is 12.5. The molecule has 5 nitrogen and oxygen atoms in total. The number of benzene rings is 1. The van der Waals surface area contributed by atoms with Crippen molar-refractivity contribution in [1.29, 1.82) is 0 Å². The van der Waals surface area contributed by atoms with Gasteiger partial charge in [-0.2, -0.15) is 0 Å². The van der Waals surface area contributed by atoms with Crippen molar-refractivity contribution in [3.05, 3.63) is 41.0 Å². The second kappa shape index (κ2) is 7.13. The Morgan fingerprint density at radius 3 is 2.95 bits per heavy atom. The third kappa shape index (κ3) is 3.27. The second-order valence-corrected chi connectivity index (χ2v) is 5.52.